The second-order valence-corrected chi connectivity index (χ2v) is 4.33. The van der Waals surface area contributed by atoms with Gasteiger partial charge in [0.05, 0.1) is 6.54 Å². The molecule has 90 valence electrons. The molecule has 0 bridgehead atoms. The summed E-state index contributed by atoms with van der Waals surface area (Å²) < 4.78 is 4.07. The number of unbranched alkanes of at least 4 members (excludes halogenated alkanes) is 3. The van der Waals surface area contributed by atoms with Gasteiger partial charge in [-0.2, -0.15) is 0 Å². The van der Waals surface area contributed by atoms with Crippen LogP contribution in [0.4, 0.5) is 0 Å². The van der Waals surface area contributed by atoms with Gasteiger partial charge in [-0.3, -0.25) is 0 Å². The Balaban J connectivity index is 1.92. The van der Waals surface area contributed by atoms with E-state index in [0.717, 1.165) is 12.2 Å². The number of aromatic nitrogens is 3. The van der Waals surface area contributed by atoms with E-state index >= 15 is 0 Å². The van der Waals surface area contributed by atoms with Gasteiger partial charge in [-0.15, -0.1) is 0 Å². The standard InChI is InChI=1S/C14H20N3/c1-2-3-4-8-11-16-12-15-17(13-16)14-9-6-5-7-10-14/h5-7,9-10,12-13H,2-4,8,11H2,1H3/q+1. The number of hydrogen-bond acceptors (Lipinski definition) is 1. The monoisotopic (exact) mass is 230 g/mol. The molecule has 0 spiro atoms. The van der Waals surface area contributed by atoms with Gasteiger partial charge >= 0.3 is 0 Å². The highest BCUT2D eigenvalue weighted by molar-refractivity contribution is 5.28. The van der Waals surface area contributed by atoms with Crippen molar-refractivity contribution in [2.24, 2.45) is 0 Å². The van der Waals surface area contributed by atoms with Gasteiger partial charge in [0.1, 0.15) is 5.69 Å². The number of aryl methyl sites for hydroxylation is 1. The van der Waals surface area contributed by atoms with Crippen LogP contribution in [0.25, 0.3) is 5.69 Å². The summed E-state index contributed by atoms with van der Waals surface area (Å²) in [6, 6.07) is 10.2. The van der Waals surface area contributed by atoms with Gasteiger partial charge in [0.25, 0.3) is 6.33 Å². The van der Waals surface area contributed by atoms with Crippen LogP contribution in [0.15, 0.2) is 43.0 Å². The van der Waals surface area contributed by atoms with Crippen molar-refractivity contribution in [1.82, 2.24) is 9.78 Å². The van der Waals surface area contributed by atoms with E-state index in [1.165, 1.54) is 25.7 Å². The van der Waals surface area contributed by atoms with Crippen LogP contribution < -0.4 is 4.57 Å². The average Bonchev–Trinajstić information content (AvgIpc) is 2.85. The number of rotatable bonds is 6. The van der Waals surface area contributed by atoms with E-state index < -0.39 is 0 Å². The Bertz CT molecular complexity index is 434. The first-order valence-electron chi connectivity index (χ1n) is 6.39. The number of benzene rings is 1. The van der Waals surface area contributed by atoms with Crippen molar-refractivity contribution in [3.05, 3.63) is 43.0 Å². The molecule has 0 N–H and O–H groups in total. The molecule has 0 unspecified atom stereocenters. The number of hydrogen-bond donors (Lipinski definition) is 0. The van der Waals surface area contributed by atoms with Crippen LogP contribution in [0.1, 0.15) is 32.6 Å². The molecule has 3 heteroatoms. The SMILES string of the molecule is CCCCCC[n+]1cnn(-c2ccccc2)c1. The highest BCUT2D eigenvalue weighted by atomic mass is 15.3. The third kappa shape index (κ3) is 3.41. The second-order valence-electron chi connectivity index (χ2n) is 4.33. The number of nitrogens with zero attached hydrogens (tertiary/aromatic N) is 3. The molecule has 0 atom stereocenters. The van der Waals surface area contributed by atoms with Gasteiger partial charge in [-0.05, 0) is 18.6 Å². The summed E-state index contributed by atoms with van der Waals surface area (Å²) in [5.41, 5.74) is 1.11. The largest absolute Gasteiger partial charge is 0.265 e. The molecular weight excluding hydrogens is 210 g/mol. The minimum Gasteiger partial charge on any atom is -0.237 e. The van der Waals surface area contributed by atoms with Gasteiger partial charge in [-0.25, -0.2) is 4.57 Å². The summed E-state index contributed by atoms with van der Waals surface area (Å²) in [5.74, 6) is 0. The van der Waals surface area contributed by atoms with Crippen molar-refractivity contribution in [3.8, 4) is 5.69 Å². The van der Waals surface area contributed by atoms with Crippen LogP contribution >= 0.6 is 0 Å². The molecule has 1 heterocycles. The summed E-state index contributed by atoms with van der Waals surface area (Å²) >= 11 is 0. The van der Waals surface area contributed by atoms with Crippen molar-refractivity contribution in [3.63, 3.8) is 0 Å². The van der Waals surface area contributed by atoms with Crippen LogP contribution in [-0.4, -0.2) is 9.78 Å². The molecule has 1 aromatic carbocycles. The molecule has 0 radical (unpaired) electrons. The van der Waals surface area contributed by atoms with Gasteiger partial charge in [0.2, 0.25) is 6.33 Å². The van der Waals surface area contributed by atoms with Gasteiger partial charge in [-0.1, -0.05) is 49.1 Å². The van der Waals surface area contributed by atoms with Crippen molar-refractivity contribution >= 4 is 0 Å². The maximum absolute atomic E-state index is 4.36. The zero-order valence-corrected chi connectivity index (χ0v) is 10.4. The maximum Gasteiger partial charge on any atom is 0.265 e. The van der Waals surface area contributed by atoms with Crippen LogP contribution in [0, 0.1) is 0 Å². The Morgan fingerprint density at radius 2 is 1.94 bits per heavy atom. The molecule has 0 fully saturated rings. The molecule has 0 saturated carbocycles. The topological polar surface area (TPSA) is 21.7 Å². The second kappa shape index (κ2) is 6.18. The van der Waals surface area contributed by atoms with E-state index in [1.54, 1.807) is 0 Å². The third-order valence-corrected chi connectivity index (χ3v) is 2.87. The van der Waals surface area contributed by atoms with Crippen LogP contribution in [0.2, 0.25) is 0 Å². The quantitative estimate of drug-likeness (QED) is 0.552. The van der Waals surface area contributed by atoms with E-state index in [2.05, 4.69) is 35.0 Å². The van der Waals surface area contributed by atoms with Gasteiger partial charge < -0.3 is 0 Å². The Morgan fingerprint density at radius 1 is 1.12 bits per heavy atom. The fourth-order valence-electron chi connectivity index (χ4n) is 1.87. The zero-order valence-electron chi connectivity index (χ0n) is 10.4. The fourth-order valence-corrected chi connectivity index (χ4v) is 1.87. The predicted molar refractivity (Wildman–Crippen MR) is 67.9 cm³/mol. The van der Waals surface area contributed by atoms with Gasteiger partial charge in [0.15, 0.2) is 0 Å². The normalized spacial score (nSPS) is 10.6. The lowest BCUT2D eigenvalue weighted by molar-refractivity contribution is -0.697. The molecule has 0 aliphatic carbocycles. The Hall–Kier alpha value is -1.64. The Morgan fingerprint density at radius 3 is 2.71 bits per heavy atom. The van der Waals surface area contributed by atoms with Crippen LogP contribution in [-0.2, 0) is 6.54 Å². The molecular formula is C14H20N3+. The third-order valence-electron chi connectivity index (χ3n) is 2.87. The Labute approximate surface area is 103 Å². The van der Waals surface area contributed by atoms with Crippen molar-refractivity contribution in [1.29, 1.82) is 0 Å². The van der Waals surface area contributed by atoms with E-state index in [0.29, 0.717) is 0 Å². The molecule has 2 aromatic rings. The summed E-state index contributed by atoms with van der Waals surface area (Å²) in [5, 5.41) is 4.36. The lowest BCUT2D eigenvalue weighted by atomic mass is 10.2. The zero-order chi connectivity index (χ0) is 11.9. The fraction of sp³-hybridized carbons (Fsp3) is 0.429. The lowest BCUT2D eigenvalue weighted by Gasteiger charge is -1.96. The van der Waals surface area contributed by atoms with Crippen LogP contribution in [0.3, 0.4) is 0 Å². The van der Waals surface area contributed by atoms with E-state index in [-0.39, 0.29) is 0 Å². The first-order valence-corrected chi connectivity index (χ1v) is 6.39. The first kappa shape index (κ1) is 11.8. The molecule has 0 aliphatic rings. The molecule has 0 aliphatic heterocycles. The van der Waals surface area contributed by atoms with Crippen molar-refractivity contribution in [2.75, 3.05) is 0 Å². The van der Waals surface area contributed by atoms with E-state index in [9.17, 15) is 0 Å². The molecule has 2 rings (SSSR count). The summed E-state index contributed by atoms with van der Waals surface area (Å²) in [7, 11) is 0. The lowest BCUT2D eigenvalue weighted by Crippen LogP contribution is -2.30. The molecule has 1 aromatic heterocycles. The molecule has 0 amide bonds. The number of para-hydroxylation sites is 1. The average molecular weight is 230 g/mol. The molecule has 17 heavy (non-hydrogen) atoms. The smallest absolute Gasteiger partial charge is 0.237 e. The highest BCUT2D eigenvalue weighted by Gasteiger charge is 2.06. The van der Waals surface area contributed by atoms with Crippen molar-refractivity contribution in [2.45, 2.75) is 39.2 Å². The Kier molecular flexibility index (Phi) is 4.30. The summed E-state index contributed by atoms with van der Waals surface area (Å²) in [6.07, 6.45) is 9.11. The predicted octanol–water partition coefficient (Wildman–Crippen LogP) is 2.74. The summed E-state index contributed by atoms with van der Waals surface area (Å²) in [4.78, 5) is 0. The first-order chi connectivity index (χ1) is 8.40. The van der Waals surface area contributed by atoms with Crippen molar-refractivity contribution < 1.29 is 4.57 Å². The van der Waals surface area contributed by atoms with Gasteiger partial charge in [0, 0.05) is 5.10 Å². The summed E-state index contributed by atoms with van der Waals surface area (Å²) in [6.45, 7) is 3.30. The van der Waals surface area contributed by atoms with E-state index in [4.69, 9.17) is 0 Å². The molecule has 0 saturated heterocycles. The molecule has 3 nitrogen and oxygen atoms in total. The minimum atomic E-state index is 1.06. The minimum absolute atomic E-state index is 1.06. The highest BCUT2D eigenvalue weighted by Crippen LogP contribution is 2.03. The van der Waals surface area contributed by atoms with E-state index in [1.807, 2.05) is 29.2 Å². The maximum atomic E-state index is 4.36. The van der Waals surface area contributed by atoms with Crippen LogP contribution in [0.5, 0.6) is 0 Å².